The van der Waals surface area contributed by atoms with Gasteiger partial charge >= 0.3 is 0 Å². The van der Waals surface area contributed by atoms with E-state index in [4.69, 9.17) is 15.6 Å². The highest BCUT2D eigenvalue weighted by Gasteiger charge is 2.26. The van der Waals surface area contributed by atoms with Gasteiger partial charge in [-0.05, 0) is 0 Å². The molecule has 0 aliphatic heterocycles. The van der Waals surface area contributed by atoms with Crippen molar-refractivity contribution < 1.29 is 24.9 Å². The highest BCUT2D eigenvalue weighted by atomic mass is 16.5. The number of hydrogen-bond donors (Lipinski definition) is 5. The topological polar surface area (TPSA) is 125 Å². The maximum Gasteiger partial charge on any atom is 0.216 e. The third-order valence-corrected chi connectivity index (χ3v) is 1.83. The van der Waals surface area contributed by atoms with Gasteiger partial charge in [0.05, 0.1) is 19.4 Å². The second-order valence-electron chi connectivity index (χ2n) is 3.05. The lowest BCUT2D eigenvalue weighted by molar-refractivity contribution is -0.122. The molecule has 90 valence electrons. The average molecular weight is 222 g/mol. The number of carbonyl (C=O) groups excluding carboxylic acids is 1. The molecule has 0 spiro atoms. The zero-order chi connectivity index (χ0) is 11.8. The van der Waals surface area contributed by atoms with Gasteiger partial charge in [-0.25, -0.2) is 0 Å². The molecule has 6 N–H and O–H groups in total. The van der Waals surface area contributed by atoms with Crippen LogP contribution in [-0.2, 0) is 9.53 Å². The second kappa shape index (κ2) is 7.55. The summed E-state index contributed by atoms with van der Waals surface area (Å²) >= 11 is 0. The fraction of sp³-hybridized carbons (Fsp3) is 0.875. The van der Waals surface area contributed by atoms with E-state index in [1.165, 1.54) is 6.92 Å². The summed E-state index contributed by atoms with van der Waals surface area (Å²) in [5, 5.41) is 30.0. The molecule has 0 saturated heterocycles. The van der Waals surface area contributed by atoms with Crippen LogP contribution in [0.25, 0.3) is 0 Å². The average Bonchev–Trinajstić information content (AvgIpc) is 2.21. The Kier molecular flexibility index (Phi) is 7.18. The summed E-state index contributed by atoms with van der Waals surface area (Å²) in [5.74, 6) is -0.318. The van der Waals surface area contributed by atoms with Crippen molar-refractivity contribution in [3.05, 3.63) is 0 Å². The van der Waals surface area contributed by atoms with Gasteiger partial charge in [-0.15, -0.1) is 0 Å². The molecule has 0 saturated carbocycles. The van der Waals surface area contributed by atoms with Gasteiger partial charge in [0.15, 0.2) is 0 Å². The van der Waals surface area contributed by atoms with Crippen LogP contribution in [0.1, 0.15) is 6.92 Å². The molecule has 7 heteroatoms. The first-order chi connectivity index (χ1) is 7.02. The third-order valence-electron chi connectivity index (χ3n) is 1.83. The zero-order valence-electron chi connectivity index (χ0n) is 8.59. The SMILES string of the molecule is CC(=O)NC[C@@H](O)[C@H](O)[C@@H](CO)OCN. The number of aliphatic hydroxyl groups is 3. The Morgan fingerprint density at radius 2 is 2.13 bits per heavy atom. The minimum Gasteiger partial charge on any atom is -0.394 e. The first-order valence-electron chi connectivity index (χ1n) is 4.56. The lowest BCUT2D eigenvalue weighted by Gasteiger charge is -2.24. The Morgan fingerprint density at radius 1 is 1.53 bits per heavy atom. The lowest BCUT2D eigenvalue weighted by Crippen LogP contribution is -2.47. The number of carbonyl (C=O) groups is 1. The second-order valence-corrected chi connectivity index (χ2v) is 3.05. The molecule has 15 heavy (non-hydrogen) atoms. The fourth-order valence-electron chi connectivity index (χ4n) is 1.000. The minimum absolute atomic E-state index is 0.110. The highest BCUT2D eigenvalue weighted by molar-refractivity contribution is 5.72. The van der Waals surface area contributed by atoms with Gasteiger partial charge in [0.25, 0.3) is 0 Å². The van der Waals surface area contributed by atoms with Gasteiger partial charge in [0.1, 0.15) is 12.2 Å². The molecule has 0 aromatic heterocycles. The summed E-state index contributed by atoms with van der Waals surface area (Å²) < 4.78 is 4.79. The molecule has 0 aliphatic rings. The van der Waals surface area contributed by atoms with E-state index in [2.05, 4.69) is 5.32 Å². The minimum atomic E-state index is -1.30. The Bertz CT molecular complexity index is 190. The summed E-state index contributed by atoms with van der Waals surface area (Å²) in [6.07, 6.45) is -3.47. The quantitative estimate of drug-likeness (QED) is 0.295. The number of nitrogens with two attached hydrogens (primary N) is 1. The predicted octanol–water partition coefficient (Wildman–Crippen LogP) is -2.86. The van der Waals surface area contributed by atoms with Crippen LogP contribution in [0, 0.1) is 0 Å². The largest absolute Gasteiger partial charge is 0.394 e. The molecule has 0 heterocycles. The van der Waals surface area contributed by atoms with E-state index >= 15 is 0 Å². The predicted molar refractivity (Wildman–Crippen MR) is 51.7 cm³/mol. The third kappa shape index (κ3) is 5.65. The molecule has 7 nitrogen and oxygen atoms in total. The van der Waals surface area contributed by atoms with Crippen molar-refractivity contribution in [3.63, 3.8) is 0 Å². The fourth-order valence-corrected chi connectivity index (χ4v) is 1.000. The van der Waals surface area contributed by atoms with Crippen LogP contribution in [0.15, 0.2) is 0 Å². The lowest BCUT2D eigenvalue weighted by atomic mass is 10.1. The number of ether oxygens (including phenoxy) is 1. The van der Waals surface area contributed by atoms with E-state index in [0.717, 1.165) is 0 Å². The van der Waals surface area contributed by atoms with Crippen molar-refractivity contribution in [1.29, 1.82) is 0 Å². The van der Waals surface area contributed by atoms with Crippen LogP contribution < -0.4 is 11.1 Å². The Hall–Kier alpha value is -0.730. The molecule has 0 unspecified atom stereocenters. The summed E-state index contributed by atoms with van der Waals surface area (Å²) in [5.41, 5.74) is 5.07. The summed E-state index contributed by atoms with van der Waals surface area (Å²) in [4.78, 5) is 10.5. The van der Waals surface area contributed by atoms with Gasteiger partial charge < -0.3 is 31.1 Å². The molecule has 0 aromatic carbocycles. The van der Waals surface area contributed by atoms with Crippen molar-refractivity contribution in [2.24, 2.45) is 5.73 Å². The van der Waals surface area contributed by atoms with Crippen molar-refractivity contribution in [3.8, 4) is 0 Å². The Labute approximate surface area is 87.8 Å². The van der Waals surface area contributed by atoms with Crippen LogP contribution in [0.3, 0.4) is 0 Å². The van der Waals surface area contributed by atoms with Crippen LogP contribution in [0.2, 0.25) is 0 Å². The first kappa shape index (κ1) is 14.3. The van der Waals surface area contributed by atoms with Gasteiger partial charge in [-0.2, -0.15) is 0 Å². The molecule has 0 bridgehead atoms. The number of nitrogens with one attached hydrogen (secondary N) is 1. The van der Waals surface area contributed by atoms with Crippen molar-refractivity contribution in [2.75, 3.05) is 19.9 Å². The van der Waals surface area contributed by atoms with E-state index < -0.39 is 24.9 Å². The highest BCUT2D eigenvalue weighted by Crippen LogP contribution is 2.03. The smallest absolute Gasteiger partial charge is 0.216 e. The molecule has 0 aliphatic carbocycles. The monoisotopic (exact) mass is 222 g/mol. The van der Waals surface area contributed by atoms with Gasteiger partial charge in [0.2, 0.25) is 5.91 Å². The number of amides is 1. The standard InChI is InChI=1S/C8H18N2O5/c1-5(12)10-2-6(13)8(14)7(3-11)15-4-9/h6-8,11,13-14H,2-4,9H2,1H3,(H,10,12)/t6-,7-,8+/m1/s1. The Morgan fingerprint density at radius 3 is 2.53 bits per heavy atom. The summed E-state index contributed by atoms with van der Waals surface area (Å²) in [6.45, 7) is 0.546. The molecular formula is C8H18N2O5. The maximum atomic E-state index is 10.5. The Balaban J connectivity index is 4.02. The normalized spacial score (nSPS) is 16.9. The zero-order valence-corrected chi connectivity index (χ0v) is 8.59. The van der Waals surface area contributed by atoms with E-state index in [0.29, 0.717) is 0 Å². The van der Waals surface area contributed by atoms with Gasteiger partial charge in [-0.1, -0.05) is 0 Å². The number of rotatable bonds is 7. The molecule has 0 rings (SSSR count). The van der Waals surface area contributed by atoms with E-state index in [-0.39, 0.29) is 19.2 Å². The van der Waals surface area contributed by atoms with Gasteiger partial charge in [-0.3, -0.25) is 4.79 Å². The molecule has 3 atom stereocenters. The van der Waals surface area contributed by atoms with E-state index in [1.54, 1.807) is 0 Å². The van der Waals surface area contributed by atoms with E-state index in [9.17, 15) is 15.0 Å². The first-order valence-corrected chi connectivity index (χ1v) is 4.56. The molecular weight excluding hydrogens is 204 g/mol. The molecule has 0 fully saturated rings. The van der Waals surface area contributed by atoms with Crippen LogP contribution in [-0.4, -0.2) is 59.4 Å². The molecule has 1 amide bonds. The van der Waals surface area contributed by atoms with Crippen molar-refractivity contribution >= 4 is 5.91 Å². The van der Waals surface area contributed by atoms with Crippen LogP contribution in [0.5, 0.6) is 0 Å². The summed E-state index contributed by atoms with van der Waals surface area (Å²) in [7, 11) is 0. The van der Waals surface area contributed by atoms with Crippen molar-refractivity contribution in [1.82, 2.24) is 5.32 Å². The van der Waals surface area contributed by atoms with Crippen molar-refractivity contribution in [2.45, 2.75) is 25.2 Å². The van der Waals surface area contributed by atoms with Crippen LogP contribution >= 0.6 is 0 Å². The van der Waals surface area contributed by atoms with E-state index in [1.807, 2.05) is 0 Å². The van der Waals surface area contributed by atoms with Gasteiger partial charge in [0, 0.05) is 13.5 Å². The summed E-state index contributed by atoms with van der Waals surface area (Å²) in [6, 6.07) is 0. The maximum absolute atomic E-state index is 10.5. The molecule has 0 aromatic rings. The number of aliphatic hydroxyl groups excluding tert-OH is 3. The number of hydrogen-bond acceptors (Lipinski definition) is 6. The van der Waals surface area contributed by atoms with Crippen LogP contribution in [0.4, 0.5) is 0 Å². The molecule has 0 radical (unpaired) electrons.